The predicted molar refractivity (Wildman–Crippen MR) is 118 cm³/mol. The van der Waals surface area contributed by atoms with Gasteiger partial charge in [-0.15, -0.1) is 0 Å². The van der Waals surface area contributed by atoms with Crippen LogP contribution < -0.4 is 19.9 Å². The first-order valence-electron chi connectivity index (χ1n) is 10.4. The quantitative estimate of drug-likeness (QED) is 0.582. The van der Waals surface area contributed by atoms with Gasteiger partial charge in [-0.25, -0.2) is 9.97 Å². The van der Waals surface area contributed by atoms with Gasteiger partial charge in [0.2, 0.25) is 5.88 Å². The van der Waals surface area contributed by atoms with E-state index in [1.807, 2.05) is 25.3 Å². The number of rotatable bonds is 6. The summed E-state index contributed by atoms with van der Waals surface area (Å²) in [5, 5.41) is 0. The topological polar surface area (TPSA) is 104 Å². The minimum Gasteiger partial charge on any atom is -0.480 e. The lowest BCUT2D eigenvalue weighted by Gasteiger charge is -2.20. The summed E-state index contributed by atoms with van der Waals surface area (Å²) >= 11 is 0. The molecule has 10 heteroatoms. The molecule has 1 amide bonds. The van der Waals surface area contributed by atoms with Crippen molar-refractivity contribution >= 4 is 11.6 Å². The van der Waals surface area contributed by atoms with E-state index in [2.05, 4.69) is 15.0 Å². The smallest absolute Gasteiger partial charge is 0.319 e. The minimum atomic E-state index is -0.306. The number of fused-ring (bicyclic) bond motifs is 1. The van der Waals surface area contributed by atoms with Gasteiger partial charge in [0.25, 0.3) is 11.5 Å². The number of aryl methyl sites for hydroxylation is 2. The molecule has 0 spiro atoms. The van der Waals surface area contributed by atoms with Crippen molar-refractivity contribution < 1.29 is 14.3 Å². The van der Waals surface area contributed by atoms with Crippen molar-refractivity contribution in [2.24, 2.45) is 7.05 Å². The zero-order valence-corrected chi connectivity index (χ0v) is 19.0. The average Bonchev–Trinajstić information content (AvgIpc) is 3.31. The molecule has 0 fully saturated rings. The molecule has 168 valence electrons. The number of carbonyl (C=O) groups is 1. The standard InChI is InChI=1S/C22H26N6O4/c1-7-13-8-15(20(29)26(4)10-13)27-11-16-17(21(27)30)24-18(28(16)12(2)3)14-9-23-22(32-6)25-19(14)31-5/h8-10,12H,7,11H2,1-6H3. The van der Waals surface area contributed by atoms with Gasteiger partial charge in [0.1, 0.15) is 11.5 Å². The van der Waals surface area contributed by atoms with Crippen molar-refractivity contribution in [1.82, 2.24) is 24.1 Å². The zero-order chi connectivity index (χ0) is 23.2. The van der Waals surface area contributed by atoms with Crippen LogP contribution in [0.25, 0.3) is 11.4 Å². The van der Waals surface area contributed by atoms with Crippen molar-refractivity contribution in [2.75, 3.05) is 19.1 Å². The maximum absolute atomic E-state index is 13.4. The molecule has 0 N–H and O–H groups in total. The predicted octanol–water partition coefficient (Wildman–Crippen LogP) is 2.36. The summed E-state index contributed by atoms with van der Waals surface area (Å²) in [5.74, 6) is 0.531. The van der Waals surface area contributed by atoms with Gasteiger partial charge in [0.05, 0.1) is 32.0 Å². The van der Waals surface area contributed by atoms with Gasteiger partial charge in [0.15, 0.2) is 5.69 Å². The number of imidazole rings is 1. The number of methoxy groups -OCH3 is 2. The van der Waals surface area contributed by atoms with E-state index in [1.54, 1.807) is 25.5 Å². The van der Waals surface area contributed by atoms with Crippen LogP contribution in [0.15, 0.2) is 23.3 Å². The molecule has 0 saturated carbocycles. The Bertz CT molecular complexity index is 1260. The second-order valence-corrected chi connectivity index (χ2v) is 7.87. The van der Waals surface area contributed by atoms with Gasteiger partial charge >= 0.3 is 6.01 Å². The molecule has 4 rings (SSSR count). The molecule has 3 aromatic rings. The van der Waals surface area contributed by atoms with Crippen molar-refractivity contribution in [3.8, 4) is 23.3 Å². The van der Waals surface area contributed by atoms with Crippen LogP contribution in [-0.4, -0.2) is 44.2 Å². The molecule has 0 atom stereocenters. The number of aromatic nitrogens is 5. The molecule has 0 radical (unpaired) electrons. The monoisotopic (exact) mass is 438 g/mol. The number of ether oxygens (including phenoxy) is 2. The Labute approximate surface area is 185 Å². The maximum atomic E-state index is 13.4. The molecule has 32 heavy (non-hydrogen) atoms. The Hall–Kier alpha value is -3.69. The first-order chi connectivity index (χ1) is 15.3. The third-order valence-corrected chi connectivity index (χ3v) is 5.55. The van der Waals surface area contributed by atoms with E-state index >= 15 is 0 Å². The maximum Gasteiger partial charge on any atom is 0.319 e. The van der Waals surface area contributed by atoms with Crippen molar-refractivity contribution in [3.05, 3.63) is 45.8 Å². The van der Waals surface area contributed by atoms with Crippen LogP contribution in [0.2, 0.25) is 0 Å². The van der Waals surface area contributed by atoms with Crippen molar-refractivity contribution in [1.29, 1.82) is 0 Å². The molecule has 10 nitrogen and oxygen atoms in total. The van der Waals surface area contributed by atoms with E-state index in [0.717, 1.165) is 17.7 Å². The highest BCUT2D eigenvalue weighted by Crippen LogP contribution is 2.36. The fraction of sp³-hybridized carbons (Fsp3) is 0.409. The Morgan fingerprint density at radius 3 is 2.53 bits per heavy atom. The Morgan fingerprint density at radius 2 is 1.91 bits per heavy atom. The summed E-state index contributed by atoms with van der Waals surface area (Å²) in [6.07, 6.45) is 4.12. The number of nitrogens with zero attached hydrogens (tertiary/aromatic N) is 6. The third kappa shape index (κ3) is 3.31. The lowest BCUT2D eigenvalue weighted by atomic mass is 10.2. The summed E-state index contributed by atoms with van der Waals surface area (Å²) in [5.41, 5.74) is 2.73. The van der Waals surface area contributed by atoms with Gasteiger partial charge in [0, 0.05) is 25.5 Å². The largest absolute Gasteiger partial charge is 0.480 e. The molecule has 0 aromatic carbocycles. The number of carbonyl (C=O) groups excluding carboxylic acids is 1. The molecule has 1 aliphatic rings. The molecule has 1 aliphatic heterocycles. The highest BCUT2D eigenvalue weighted by molar-refractivity contribution is 6.08. The molecule has 0 unspecified atom stereocenters. The highest BCUT2D eigenvalue weighted by Gasteiger charge is 2.38. The molecule has 3 aromatic heterocycles. The normalized spacial score (nSPS) is 13.1. The van der Waals surface area contributed by atoms with Crippen LogP contribution in [-0.2, 0) is 20.0 Å². The summed E-state index contributed by atoms with van der Waals surface area (Å²) in [6, 6.07) is 1.95. The first-order valence-corrected chi connectivity index (χ1v) is 10.4. The summed E-state index contributed by atoms with van der Waals surface area (Å²) in [4.78, 5) is 40.7. The van der Waals surface area contributed by atoms with Crippen LogP contribution in [0, 0.1) is 0 Å². The van der Waals surface area contributed by atoms with Crippen LogP contribution in [0.3, 0.4) is 0 Å². The summed E-state index contributed by atoms with van der Waals surface area (Å²) in [7, 11) is 4.67. The van der Waals surface area contributed by atoms with E-state index in [0.29, 0.717) is 28.6 Å². The van der Waals surface area contributed by atoms with Gasteiger partial charge in [-0.05, 0) is 31.9 Å². The van der Waals surface area contributed by atoms with Crippen LogP contribution in [0.5, 0.6) is 11.9 Å². The van der Waals surface area contributed by atoms with E-state index < -0.39 is 0 Å². The van der Waals surface area contributed by atoms with Crippen LogP contribution >= 0.6 is 0 Å². The fourth-order valence-electron chi connectivity index (χ4n) is 3.99. The van der Waals surface area contributed by atoms with Gasteiger partial charge < -0.3 is 18.6 Å². The van der Waals surface area contributed by atoms with Crippen molar-refractivity contribution in [3.63, 3.8) is 0 Å². The van der Waals surface area contributed by atoms with E-state index in [9.17, 15) is 9.59 Å². The highest BCUT2D eigenvalue weighted by atomic mass is 16.5. The van der Waals surface area contributed by atoms with Crippen LogP contribution in [0.1, 0.15) is 48.6 Å². The van der Waals surface area contributed by atoms with Crippen molar-refractivity contribution in [2.45, 2.75) is 39.8 Å². The van der Waals surface area contributed by atoms with E-state index in [4.69, 9.17) is 9.47 Å². The van der Waals surface area contributed by atoms with Gasteiger partial charge in [-0.2, -0.15) is 4.98 Å². The second-order valence-electron chi connectivity index (χ2n) is 7.87. The summed E-state index contributed by atoms with van der Waals surface area (Å²) < 4.78 is 14.0. The molecule has 0 bridgehead atoms. The lowest BCUT2D eigenvalue weighted by molar-refractivity contribution is 0.0992. The number of hydrogen-bond donors (Lipinski definition) is 0. The Morgan fingerprint density at radius 1 is 1.16 bits per heavy atom. The molecule has 4 heterocycles. The molecular formula is C22H26N6O4. The lowest BCUT2D eigenvalue weighted by Crippen LogP contribution is -2.32. The van der Waals surface area contributed by atoms with Gasteiger partial charge in [-0.3, -0.25) is 14.5 Å². The fourth-order valence-corrected chi connectivity index (χ4v) is 3.99. The number of pyridine rings is 1. The van der Waals surface area contributed by atoms with E-state index in [1.165, 1.54) is 23.7 Å². The number of amides is 1. The average molecular weight is 438 g/mol. The minimum absolute atomic E-state index is 0.00869. The summed E-state index contributed by atoms with van der Waals surface area (Å²) in [6.45, 7) is 6.27. The van der Waals surface area contributed by atoms with Crippen LogP contribution in [0.4, 0.5) is 5.69 Å². The molecule has 0 aliphatic carbocycles. The SMILES string of the molecule is CCc1cc(N2Cc3c(nc(-c4cnc(OC)nc4OC)n3C(C)C)C2=O)c(=O)n(C)c1. The zero-order valence-electron chi connectivity index (χ0n) is 19.0. The molecular weight excluding hydrogens is 412 g/mol. The number of hydrogen-bond acceptors (Lipinski definition) is 7. The molecule has 0 saturated heterocycles. The Balaban J connectivity index is 1.84. The van der Waals surface area contributed by atoms with Gasteiger partial charge in [-0.1, -0.05) is 6.92 Å². The van der Waals surface area contributed by atoms with E-state index in [-0.39, 0.29) is 30.1 Å². The second kappa shape index (κ2) is 8.10. The Kier molecular flexibility index (Phi) is 5.45. The third-order valence-electron chi connectivity index (χ3n) is 5.55. The first kappa shape index (κ1) is 21.5. The number of anilines is 1.